The summed E-state index contributed by atoms with van der Waals surface area (Å²) in [6.07, 6.45) is 2.79. The summed E-state index contributed by atoms with van der Waals surface area (Å²) < 4.78 is 13.1. The summed E-state index contributed by atoms with van der Waals surface area (Å²) in [7, 11) is 0. The number of anilines is 3. The van der Waals surface area contributed by atoms with Crippen LogP contribution in [0.1, 0.15) is 35.8 Å². The van der Waals surface area contributed by atoms with E-state index in [1.165, 1.54) is 6.07 Å². The zero-order valence-electron chi connectivity index (χ0n) is 18.7. The van der Waals surface area contributed by atoms with Gasteiger partial charge in [-0.05, 0) is 50.5 Å². The molecule has 0 bridgehead atoms. The van der Waals surface area contributed by atoms with Crippen molar-refractivity contribution in [2.75, 3.05) is 30.3 Å². The van der Waals surface area contributed by atoms with E-state index in [4.69, 9.17) is 0 Å². The molecule has 1 fully saturated rings. The van der Waals surface area contributed by atoms with E-state index in [-0.39, 0.29) is 36.6 Å². The van der Waals surface area contributed by atoms with E-state index in [0.29, 0.717) is 24.7 Å². The summed E-state index contributed by atoms with van der Waals surface area (Å²) in [5.74, 6) is 1.82. The lowest BCUT2D eigenvalue weighted by Crippen LogP contribution is -2.41. The molecule has 33 heavy (non-hydrogen) atoms. The number of pyridine rings is 1. The predicted octanol–water partition coefficient (Wildman–Crippen LogP) is 4.61. The first-order chi connectivity index (χ1) is 15.5. The molecule has 3 heterocycles. The van der Waals surface area contributed by atoms with Gasteiger partial charge in [-0.25, -0.2) is 19.3 Å². The fourth-order valence-corrected chi connectivity index (χ4v) is 3.86. The minimum atomic E-state index is -0.384. The van der Waals surface area contributed by atoms with Gasteiger partial charge in [0.15, 0.2) is 0 Å². The molecule has 0 saturated carbocycles. The highest BCUT2D eigenvalue weighted by Gasteiger charge is 2.26. The van der Waals surface area contributed by atoms with Crippen LogP contribution in [0, 0.1) is 19.7 Å². The van der Waals surface area contributed by atoms with Gasteiger partial charge >= 0.3 is 0 Å². The normalized spacial score (nSPS) is 13.8. The molecule has 0 aliphatic carbocycles. The van der Waals surface area contributed by atoms with Crippen LogP contribution in [0.4, 0.5) is 21.7 Å². The third-order valence-electron chi connectivity index (χ3n) is 5.64. The smallest absolute Gasteiger partial charge is 0.241 e. The Morgan fingerprint density at radius 3 is 2.55 bits per heavy atom. The van der Waals surface area contributed by atoms with Crippen LogP contribution in [-0.4, -0.2) is 45.4 Å². The van der Waals surface area contributed by atoms with Crippen molar-refractivity contribution in [3.05, 3.63) is 71.6 Å². The summed E-state index contributed by atoms with van der Waals surface area (Å²) in [5, 5.41) is 6.35. The Labute approximate surface area is 199 Å². The van der Waals surface area contributed by atoms with E-state index in [1.807, 2.05) is 49.1 Å². The van der Waals surface area contributed by atoms with Crippen LogP contribution >= 0.6 is 12.4 Å². The fourth-order valence-electron chi connectivity index (χ4n) is 3.86. The largest absolute Gasteiger partial charge is 0.376 e. The number of hydrogen-bond donors (Lipinski definition) is 2. The molecule has 7 nitrogen and oxygen atoms in total. The lowest BCUT2D eigenvalue weighted by molar-refractivity contribution is -0.130. The molecular formula is C24H28ClFN6O. The maximum atomic E-state index is 13.1. The van der Waals surface area contributed by atoms with E-state index in [9.17, 15) is 9.18 Å². The van der Waals surface area contributed by atoms with Gasteiger partial charge in [0, 0.05) is 36.5 Å². The molecule has 1 saturated heterocycles. The Kier molecular flexibility index (Phi) is 8.16. The second-order valence-electron chi connectivity index (χ2n) is 8.06. The summed E-state index contributed by atoms with van der Waals surface area (Å²) in [5.41, 5.74) is 2.95. The molecule has 0 spiro atoms. The van der Waals surface area contributed by atoms with Crippen molar-refractivity contribution in [2.24, 2.45) is 0 Å². The van der Waals surface area contributed by atoms with Crippen LogP contribution in [0.2, 0.25) is 0 Å². The van der Waals surface area contributed by atoms with Gasteiger partial charge in [-0.15, -0.1) is 12.4 Å². The zero-order valence-corrected chi connectivity index (χ0v) is 19.5. The monoisotopic (exact) mass is 470 g/mol. The molecule has 2 N–H and O–H groups in total. The maximum absolute atomic E-state index is 13.1. The Balaban J connectivity index is 0.00000306. The standard InChI is InChI=1S/C24H27FN6O.ClH/c1-16-5-3-4-6-20(16)26-15-23(32)31-11-9-18(10-12-31)24-28-17(2)13-22(30-24)29-21-8-7-19(25)14-27-21;/h3-8,13-14,18,26H,9-12,15H2,1-2H3,(H,27,28,29,30);1H. The van der Waals surface area contributed by atoms with Crippen LogP contribution in [0.3, 0.4) is 0 Å². The summed E-state index contributed by atoms with van der Waals surface area (Å²) in [4.78, 5) is 27.9. The van der Waals surface area contributed by atoms with Crippen molar-refractivity contribution in [2.45, 2.75) is 32.6 Å². The highest BCUT2D eigenvalue weighted by molar-refractivity contribution is 5.85. The van der Waals surface area contributed by atoms with Crippen LogP contribution < -0.4 is 10.6 Å². The molecule has 1 aromatic carbocycles. The number of rotatable bonds is 6. The Morgan fingerprint density at radius 2 is 1.85 bits per heavy atom. The molecule has 2 aromatic heterocycles. The number of amides is 1. The first-order valence-electron chi connectivity index (χ1n) is 10.8. The van der Waals surface area contributed by atoms with Gasteiger partial charge in [-0.1, -0.05) is 18.2 Å². The number of benzene rings is 1. The van der Waals surface area contributed by atoms with Gasteiger partial charge in [0.1, 0.15) is 23.3 Å². The summed E-state index contributed by atoms with van der Waals surface area (Å²) in [6.45, 7) is 5.59. The Morgan fingerprint density at radius 1 is 1.09 bits per heavy atom. The van der Waals surface area contributed by atoms with Gasteiger partial charge in [-0.3, -0.25) is 4.79 Å². The average Bonchev–Trinajstić information content (AvgIpc) is 2.79. The van der Waals surface area contributed by atoms with E-state index in [1.54, 1.807) is 6.07 Å². The number of carbonyl (C=O) groups is 1. The topological polar surface area (TPSA) is 83.0 Å². The number of hydrogen-bond acceptors (Lipinski definition) is 6. The van der Waals surface area contributed by atoms with Crippen LogP contribution in [-0.2, 0) is 4.79 Å². The van der Waals surface area contributed by atoms with Crippen LogP contribution in [0.5, 0.6) is 0 Å². The van der Waals surface area contributed by atoms with E-state index >= 15 is 0 Å². The summed E-state index contributed by atoms with van der Waals surface area (Å²) >= 11 is 0. The van der Waals surface area contributed by atoms with Crippen molar-refractivity contribution < 1.29 is 9.18 Å². The minimum absolute atomic E-state index is 0. The van der Waals surface area contributed by atoms with E-state index in [2.05, 4.69) is 25.6 Å². The van der Waals surface area contributed by atoms with E-state index in [0.717, 1.165) is 41.8 Å². The number of halogens is 2. The second kappa shape index (κ2) is 11.0. The molecular weight excluding hydrogens is 443 g/mol. The zero-order chi connectivity index (χ0) is 22.5. The quantitative estimate of drug-likeness (QED) is 0.547. The van der Waals surface area contributed by atoms with Gasteiger partial charge < -0.3 is 15.5 Å². The van der Waals surface area contributed by atoms with Crippen LogP contribution in [0.15, 0.2) is 48.7 Å². The number of nitrogens with one attached hydrogen (secondary N) is 2. The first kappa shape index (κ1) is 24.4. The van der Waals surface area contributed by atoms with Crippen LogP contribution in [0.25, 0.3) is 0 Å². The maximum Gasteiger partial charge on any atom is 0.241 e. The van der Waals surface area contributed by atoms with Gasteiger partial charge in [0.2, 0.25) is 5.91 Å². The number of nitrogens with zero attached hydrogens (tertiary/aromatic N) is 4. The first-order valence-corrected chi connectivity index (χ1v) is 10.8. The molecule has 174 valence electrons. The number of likely N-dealkylation sites (tertiary alicyclic amines) is 1. The predicted molar refractivity (Wildman–Crippen MR) is 130 cm³/mol. The highest BCUT2D eigenvalue weighted by Crippen LogP contribution is 2.27. The SMILES string of the molecule is Cc1cc(Nc2ccc(F)cn2)nc(C2CCN(C(=O)CNc3ccccc3C)CC2)n1.Cl. The number of para-hydroxylation sites is 1. The molecule has 1 aliphatic heterocycles. The fraction of sp³-hybridized carbons (Fsp3) is 0.333. The molecule has 4 rings (SSSR count). The van der Waals surface area contributed by atoms with Crippen molar-refractivity contribution >= 4 is 35.6 Å². The lowest BCUT2D eigenvalue weighted by atomic mass is 9.95. The second-order valence-corrected chi connectivity index (χ2v) is 8.06. The van der Waals surface area contributed by atoms with Crippen molar-refractivity contribution in [3.63, 3.8) is 0 Å². The van der Waals surface area contributed by atoms with Crippen molar-refractivity contribution in [1.29, 1.82) is 0 Å². The third-order valence-corrected chi connectivity index (χ3v) is 5.64. The Bertz CT molecular complexity index is 1090. The van der Waals surface area contributed by atoms with Gasteiger partial charge in [0.25, 0.3) is 0 Å². The molecule has 0 atom stereocenters. The number of aryl methyl sites for hydroxylation is 2. The minimum Gasteiger partial charge on any atom is -0.376 e. The molecule has 1 amide bonds. The Hall–Kier alpha value is -3.26. The number of carbonyl (C=O) groups excluding carboxylic acids is 1. The number of aromatic nitrogens is 3. The van der Waals surface area contributed by atoms with E-state index < -0.39 is 0 Å². The number of piperidine rings is 1. The molecule has 3 aromatic rings. The molecule has 1 aliphatic rings. The third kappa shape index (κ3) is 6.38. The lowest BCUT2D eigenvalue weighted by Gasteiger charge is -2.31. The highest BCUT2D eigenvalue weighted by atomic mass is 35.5. The molecule has 0 unspecified atom stereocenters. The molecule has 9 heteroatoms. The van der Waals surface area contributed by atoms with Gasteiger partial charge in [0.05, 0.1) is 12.7 Å². The van der Waals surface area contributed by atoms with Crippen molar-refractivity contribution in [1.82, 2.24) is 19.9 Å². The average molecular weight is 471 g/mol. The van der Waals surface area contributed by atoms with Crippen molar-refractivity contribution in [3.8, 4) is 0 Å². The molecule has 0 radical (unpaired) electrons. The summed E-state index contributed by atoms with van der Waals surface area (Å²) in [6, 6.07) is 12.7. The van der Waals surface area contributed by atoms with Gasteiger partial charge in [-0.2, -0.15) is 0 Å².